The molecule has 0 atom stereocenters. The summed E-state index contributed by atoms with van der Waals surface area (Å²) in [5.74, 6) is 1.52. The maximum Gasteiger partial charge on any atom is 0.258 e. The fourth-order valence-corrected chi connectivity index (χ4v) is 3.30. The minimum absolute atomic E-state index is 0.0606. The number of imidazole rings is 1. The third-order valence-corrected chi connectivity index (χ3v) is 5.15. The monoisotopic (exact) mass is 400 g/mol. The van der Waals surface area contributed by atoms with Crippen LogP contribution in [-0.2, 0) is 0 Å². The number of nitrogens with one attached hydrogen (secondary N) is 1. The molecule has 0 saturated carbocycles. The molecule has 1 heterocycles. The van der Waals surface area contributed by atoms with Crippen molar-refractivity contribution in [3.8, 4) is 17.1 Å². The van der Waals surface area contributed by atoms with Gasteiger partial charge in [-0.3, -0.25) is 4.79 Å². The van der Waals surface area contributed by atoms with Crippen molar-refractivity contribution in [3.63, 3.8) is 0 Å². The van der Waals surface area contributed by atoms with Gasteiger partial charge in [0.1, 0.15) is 11.6 Å². The first kappa shape index (κ1) is 19.5. The van der Waals surface area contributed by atoms with E-state index in [9.17, 15) is 4.79 Å². The molecule has 0 aliphatic rings. The van der Waals surface area contributed by atoms with E-state index in [4.69, 9.17) is 4.74 Å². The average Bonchev–Trinajstić information content (AvgIpc) is 3.21. The molecule has 4 rings (SSSR count). The Morgan fingerprint density at radius 2 is 1.57 bits per heavy atom. The number of anilines is 2. The third-order valence-electron chi connectivity index (χ3n) is 5.15. The zero-order chi connectivity index (χ0) is 21.3. The molecule has 0 saturated heterocycles. The van der Waals surface area contributed by atoms with Crippen LogP contribution in [0.25, 0.3) is 22.4 Å². The molecule has 6 heteroatoms. The predicted molar refractivity (Wildman–Crippen MR) is 122 cm³/mol. The number of methoxy groups -OCH3 is 1. The van der Waals surface area contributed by atoms with E-state index >= 15 is 0 Å². The summed E-state index contributed by atoms with van der Waals surface area (Å²) in [5, 5.41) is 0. The molecule has 30 heavy (non-hydrogen) atoms. The van der Waals surface area contributed by atoms with Crippen LogP contribution in [0.15, 0.2) is 66.7 Å². The SMILES string of the molecule is COc1ccc(-c2nc3ccc(N(C)C(=O)c4ccc(N(C)C)cc4)cc3[nH]2)cc1. The fourth-order valence-electron chi connectivity index (χ4n) is 3.30. The quantitative estimate of drug-likeness (QED) is 0.533. The van der Waals surface area contributed by atoms with E-state index in [0.717, 1.165) is 39.5 Å². The summed E-state index contributed by atoms with van der Waals surface area (Å²) >= 11 is 0. The van der Waals surface area contributed by atoms with Gasteiger partial charge in [-0.1, -0.05) is 0 Å². The number of hydrogen-bond acceptors (Lipinski definition) is 4. The Kier molecular flexibility index (Phi) is 5.14. The zero-order valence-corrected chi connectivity index (χ0v) is 17.5. The lowest BCUT2D eigenvalue weighted by Gasteiger charge is -2.18. The second-order valence-corrected chi connectivity index (χ2v) is 7.32. The highest BCUT2D eigenvalue weighted by Crippen LogP contribution is 2.26. The van der Waals surface area contributed by atoms with Crippen molar-refractivity contribution < 1.29 is 9.53 Å². The zero-order valence-electron chi connectivity index (χ0n) is 17.5. The molecule has 6 nitrogen and oxygen atoms in total. The molecule has 0 spiro atoms. The van der Waals surface area contributed by atoms with Gasteiger partial charge in [-0.25, -0.2) is 4.98 Å². The Labute approximate surface area is 175 Å². The molecule has 4 aromatic rings. The summed E-state index contributed by atoms with van der Waals surface area (Å²) < 4.78 is 5.21. The molecule has 3 aromatic carbocycles. The first-order valence-corrected chi connectivity index (χ1v) is 9.66. The lowest BCUT2D eigenvalue weighted by atomic mass is 10.1. The van der Waals surface area contributed by atoms with Gasteiger partial charge in [0.15, 0.2) is 0 Å². The maximum absolute atomic E-state index is 12.9. The number of rotatable bonds is 5. The largest absolute Gasteiger partial charge is 0.497 e. The number of aromatic nitrogens is 2. The van der Waals surface area contributed by atoms with Crippen molar-refractivity contribution in [2.24, 2.45) is 0 Å². The van der Waals surface area contributed by atoms with Crippen molar-refractivity contribution in [2.75, 3.05) is 38.1 Å². The van der Waals surface area contributed by atoms with Gasteiger partial charge in [-0.15, -0.1) is 0 Å². The fraction of sp³-hybridized carbons (Fsp3) is 0.167. The average molecular weight is 400 g/mol. The van der Waals surface area contributed by atoms with Gasteiger partial charge in [0.2, 0.25) is 0 Å². The normalized spacial score (nSPS) is 10.8. The molecule has 1 N–H and O–H groups in total. The van der Waals surface area contributed by atoms with Crippen LogP contribution >= 0.6 is 0 Å². The number of amides is 1. The van der Waals surface area contributed by atoms with Crippen LogP contribution < -0.4 is 14.5 Å². The Morgan fingerprint density at radius 1 is 0.900 bits per heavy atom. The molecule has 0 radical (unpaired) electrons. The van der Waals surface area contributed by atoms with E-state index < -0.39 is 0 Å². The topological polar surface area (TPSA) is 61.5 Å². The number of carbonyl (C=O) groups excluding carboxylic acids is 1. The van der Waals surface area contributed by atoms with Gasteiger partial charge < -0.3 is 19.5 Å². The number of H-pyrrole nitrogens is 1. The molecule has 1 amide bonds. The Hall–Kier alpha value is -3.80. The number of nitrogens with zero attached hydrogens (tertiary/aromatic N) is 3. The number of carbonyl (C=O) groups is 1. The van der Waals surface area contributed by atoms with Crippen LogP contribution in [-0.4, -0.2) is 44.1 Å². The summed E-state index contributed by atoms with van der Waals surface area (Å²) in [4.78, 5) is 24.6. The van der Waals surface area contributed by atoms with Crippen LogP contribution in [0.1, 0.15) is 10.4 Å². The van der Waals surface area contributed by atoms with Crippen LogP contribution in [0, 0.1) is 0 Å². The molecule has 0 aliphatic heterocycles. The highest BCUT2D eigenvalue weighted by Gasteiger charge is 2.15. The summed E-state index contributed by atoms with van der Waals surface area (Å²) in [6, 6.07) is 21.1. The summed E-state index contributed by atoms with van der Waals surface area (Å²) in [7, 11) is 7.38. The lowest BCUT2D eigenvalue weighted by molar-refractivity contribution is 0.0993. The molecular formula is C24H24N4O2. The van der Waals surface area contributed by atoms with Gasteiger partial charge in [0, 0.05) is 43.6 Å². The Balaban J connectivity index is 1.59. The summed E-state index contributed by atoms with van der Waals surface area (Å²) in [6.07, 6.45) is 0. The highest BCUT2D eigenvalue weighted by molar-refractivity contribution is 6.06. The van der Waals surface area contributed by atoms with Crippen LogP contribution in [0.2, 0.25) is 0 Å². The van der Waals surface area contributed by atoms with Gasteiger partial charge in [-0.2, -0.15) is 0 Å². The smallest absolute Gasteiger partial charge is 0.258 e. The van der Waals surface area contributed by atoms with Crippen molar-refractivity contribution in [3.05, 3.63) is 72.3 Å². The minimum Gasteiger partial charge on any atom is -0.497 e. The molecule has 0 bridgehead atoms. The Bertz CT molecular complexity index is 1180. The number of fused-ring (bicyclic) bond motifs is 1. The van der Waals surface area contributed by atoms with Gasteiger partial charge in [0.05, 0.1) is 18.1 Å². The second kappa shape index (κ2) is 7.91. The molecule has 0 fully saturated rings. The van der Waals surface area contributed by atoms with E-state index in [0.29, 0.717) is 5.56 Å². The first-order valence-electron chi connectivity index (χ1n) is 9.66. The first-order chi connectivity index (χ1) is 14.5. The maximum atomic E-state index is 12.9. The molecule has 0 unspecified atom stereocenters. The number of ether oxygens (including phenoxy) is 1. The van der Waals surface area contributed by atoms with Crippen molar-refractivity contribution in [2.45, 2.75) is 0 Å². The highest BCUT2D eigenvalue weighted by atomic mass is 16.5. The van der Waals surface area contributed by atoms with Crippen LogP contribution in [0.5, 0.6) is 5.75 Å². The number of aromatic amines is 1. The second-order valence-electron chi connectivity index (χ2n) is 7.32. The van der Waals surface area contributed by atoms with Gasteiger partial charge in [-0.05, 0) is 66.7 Å². The van der Waals surface area contributed by atoms with Crippen LogP contribution in [0.3, 0.4) is 0 Å². The molecule has 1 aromatic heterocycles. The van der Waals surface area contributed by atoms with E-state index in [1.165, 1.54) is 0 Å². The Morgan fingerprint density at radius 3 is 2.20 bits per heavy atom. The lowest BCUT2D eigenvalue weighted by Crippen LogP contribution is -2.26. The van der Waals surface area contributed by atoms with Gasteiger partial charge in [0.25, 0.3) is 5.91 Å². The summed E-state index contributed by atoms with van der Waals surface area (Å²) in [5.41, 5.74) is 5.20. The third kappa shape index (κ3) is 3.72. The molecular weight excluding hydrogens is 376 g/mol. The van der Waals surface area contributed by atoms with Crippen LogP contribution in [0.4, 0.5) is 11.4 Å². The van der Waals surface area contributed by atoms with Gasteiger partial charge >= 0.3 is 0 Å². The number of benzene rings is 3. The van der Waals surface area contributed by atoms with Crippen molar-refractivity contribution >= 4 is 28.3 Å². The summed E-state index contributed by atoms with van der Waals surface area (Å²) in [6.45, 7) is 0. The standard InChI is InChI=1S/C24H24N4O2/c1-27(2)18-9-5-17(6-10-18)24(29)28(3)19-11-14-21-22(15-19)26-23(25-21)16-7-12-20(30-4)13-8-16/h5-15H,1-4H3,(H,25,26). The predicted octanol–water partition coefficient (Wildman–Crippen LogP) is 4.58. The van der Waals surface area contributed by atoms with E-state index in [1.54, 1.807) is 19.1 Å². The van der Waals surface area contributed by atoms with Crippen molar-refractivity contribution in [1.82, 2.24) is 9.97 Å². The van der Waals surface area contributed by atoms with E-state index in [2.05, 4.69) is 9.97 Å². The van der Waals surface area contributed by atoms with Crippen molar-refractivity contribution in [1.29, 1.82) is 0 Å². The number of hydrogen-bond donors (Lipinski definition) is 1. The molecule has 152 valence electrons. The minimum atomic E-state index is -0.0606. The molecule has 0 aliphatic carbocycles. The van der Waals surface area contributed by atoms with E-state index in [-0.39, 0.29) is 5.91 Å². The van der Waals surface area contributed by atoms with E-state index in [1.807, 2.05) is 85.7 Å².